The lowest BCUT2D eigenvalue weighted by atomic mass is 9.48. The van der Waals surface area contributed by atoms with Crippen molar-refractivity contribution < 1.29 is 0 Å². The Morgan fingerprint density at radius 3 is 2.38 bits per heavy atom. The lowest BCUT2D eigenvalue weighted by Gasteiger charge is -2.56. The lowest BCUT2D eigenvalue weighted by Crippen LogP contribution is -2.49. The van der Waals surface area contributed by atoms with Crippen molar-refractivity contribution in [2.24, 2.45) is 34.0 Å². The first kappa shape index (κ1) is 22.4. The Morgan fingerprint density at radius 2 is 1.85 bits per heavy atom. The van der Waals surface area contributed by atoms with Gasteiger partial charge in [-0.15, -0.1) is 11.6 Å². The Hall–Kier alpha value is 0.130. The molecule has 150 valence electrons. The number of hydrogen-bond acceptors (Lipinski definition) is 2. The average molecular weight is 398 g/mol. The smallest absolute Gasteiger partial charge is 0.0661 e. The van der Waals surface area contributed by atoms with Crippen LogP contribution in [0.15, 0.2) is 0 Å². The zero-order chi connectivity index (χ0) is 19.6. The molecule has 1 aliphatic heterocycles. The van der Waals surface area contributed by atoms with Crippen LogP contribution in [0.25, 0.3) is 0 Å². The summed E-state index contributed by atoms with van der Waals surface area (Å²) in [5.74, 6) is 4.33. The fraction of sp³-hybridized carbons (Fsp3) is 0.957. The fourth-order valence-electron chi connectivity index (χ4n) is 6.19. The first-order chi connectivity index (χ1) is 12.1. The maximum absolute atomic E-state index is 9.30. The third-order valence-corrected chi connectivity index (χ3v) is 10.1. The van der Waals surface area contributed by atoms with Gasteiger partial charge in [0, 0.05) is 16.9 Å². The third kappa shape index (κ3) is 4.57. The van der Waals surface area contributed by atoms with Gasteiger partial charge in [0.1, 0.15) is 0 Å². The van der Waals surface area contributed by atoms with Crippen molar-refractivity contribution in [3.63, 3.8) is 0 Å². The number of nitriles is 1. The molecule has 0 amide bonds. The highest BCUT2D eigenvalue weighted by Gasteiger charge is 2.52. The summed E-state index contributed by atoms with van der Waals surface area (Å²) in [7, 11) is 0. The van der Waals surface area contributed by atoms with Gasteiger partial charge in [-0.1, -0.05) is 54.4 Å². The molecule has 6 atom stereocenters. The van der Waals surface area contributed by atoms with E-state index < -0.39 is 0 Å². The molecule has 0 spiro atoms. The van der Waals surface area contributed by atoms with Crippen LogP contribution in [0.5, 0.6) is 0 Å². The molecule has 0 N–H and O–H groups in total. The molecule has 3 heteroatoms. The van der Waals surface area contributed by atoms with E-state index in [2.05, 4.69) is 47.6 Å². The van der Waals surface area contributed by atoms with E-state index in [-0.39, 0.29) is 11.3 Å². The molecule has 2 aliphatic carbocycles. The molecule has 0 radical (unpaired) electrons. The van der Waals surface area contributed by atoms with Crippen LogP contribution in [-0.4, -0.2) is 16.9 Å². The highest BCUT2D eigenvalue weighted by molar-refractivity contribution is 7.99. The first-order valence-electron chi connectivity index (χ1n) is 10.7. The van der Waals surface area contributed by atoms with Gasteiger partial charge in [0.2, 0.25) is 0 Å². The number of thioether (sulfide) groups is 1. The van der Waals surface area contributed by atoms with Crippen molar-refractivity contribution in [3.05, 3.63) is 0 Å². The Bertz CT molecular complexity index is 513. The summed E-state index contributed by atoms with van der Waals surface area (Å²) in [4.78, 5) is 0. The van der Waals surface area contributed by atoms with E-state index in [1.165, 1.54) is 44.3 Å². The van der Waals surface area contributed by atoms with Crippen LogP contribution in [0.3, 0.4) is 0 Å². The second kappa shape index (κ2) is 8.65. The van der Waals surface area contributed by atoms with Crippen LogP contribution in [0.1, 0.15) is 86.5 Å². The minimum absolute atomic E-state index is 0.224. The summed E-state index contributed by atoms with van der Waals surface area (Å²) in [5.41, 5.74) is 1.16. The predicted octanol–water partition coefficient (Wildman–Crippen LogP) is 7.54. The number of halogens is 1. The Labute approximate surface area is 172 Å². The van der Waals surface area contributed by atoms with Gasteiger partial charge in [-0.2, -0.15) is 17.0 Å². The van der Waals surface area contributed by atoms with Crippen molar-refractivity contribution in [1.29, 1.82) is 5.26 Å². The highest BCUT2D eigenvalue weighted by Crippen LogP contribution is 2.60. The SMILES string of the molecule is CC1CCC2C(C)(CCC(C#N)C2(C)C)C1.CCCC1(C)CSCC1Cl. The quantitative estimate of drug-likeness (QED) is 0.449. The summed E-state index contributed by atoms with van der Waals surface area (Å²) in [6, 6.07) is 2.56. The van der Waals surface area contributed by atoms with E-state index in [4.69, 9.17) is 11.6 Å². The second-order valence-electron chi connectivity index (χ2n) is 10.5. The Kier molecular flexibility index (Phi) is 7.46. The topological polar surface area (TPSA) is 23.8 Å². The third-order valence-electron chi connectivity index (χ3n) is 7.83. The van der Waals surface area contributed by atoms with Crippen molar-refractivity contribution >= 4 is 23.4 Å². The van der Waals surface area contributed by atoms with Crippen molar-refractivity contribution in [1.82, 2.24) is 0 Å². The maximum Gasteiger partial charge on any atom is 0.0661 e. The highest BCUT2D eigenvalue weighted by atomic mass is 35.5. The Balaban J connectivity index is 0.000000209. The number of nitrogens with zero attached hydrogens (tertiary/aromatic N) is 1. The van der Waals surface area contributed by atoms with Crippen LogP contribution < -0.4 is 0 Å². The molecule has 26 heavy (non-hydrogen) atoms. The molecule has 2 saturated carbocycles. The molecular weight excluding hydrogens is 358 g/mol. The van der Waals surface area contributed by atoms with Gasteiger partial charge >= 0.3 is 0 Å². The molecule has 0 aromatic rings. The summed E-state index contributed by atoms with van der Waals surface area (Å²) >= 11 is 8.17. The minimum atomic E-state index is 0.224. The summed E-state index contributed by atoms with van der Waals surface area (Å²) in [6.07, 6.45) is 9.01. The standard InChI is InChI=1S/C15H25N.C8H15ClS/c1-11-5-6-13-14(2,3)12(10-16)7-8-15(13,4)9-11;1-3-4-8(2)6-10-5-7(8)9/h11-13H,5-9H2,1-4H3;7H,3-6H2,1-2H3. The van der Waals surface area contributed by atoms with Gasteiger partial charge in [-0.3, -0.25) is 0 Å². The molecule has 3 fully saturated rings. The van der Waals surface area contributed by atoms with Crippen LogP contribution in [0, 0.1) is 45.3 Å². The lowest BCUT2D eigenvalue weighted by molar-refractivity contribution is -0.0679. The normalized spacial score (nSPS) is 44.4. The molecule has 3 rings (SSSR count). The molecule has 3 aliphatic rings. The van der Waals surface area contributed by atoms with Crippen molar-refractivity contribution in [2.45, 2.75) is 91.9 Å². The summed E-state index contributed by atoms with van der Waals surface area (Å²) < 4.78 is 0. The van der Waals surface area contributed by atoms with Gasteiger partial charge < -0.3 is 0 Å². The van der Waals surface area contributed by atoms with Crippen molar-refractivity contribution in [2.75, 3.05) is 11.5 Å². The minimum Gasteiger partial charge on any atom is -0.198 e. The molecule has 6 unspecified atom stereocenters. The van der Waals surface area contributed by atoms with Gasteiger partial charge in [-0.25, -0.2) is 0 Å². The maximum atomic E-state index is 9.30. The molecule has 0 bridgehead atoms. The van der Waals surface area contributed by atoms with Gasteiger partial charge in [-0.05, 0) is 60.2 Å². The van der Waals surface area contributed by atoms with Gasteiger partial charge in [0.15, 0.2) is 0 Å². The number of rotatable bonds is 2. The zero-order valence-corrected chi connectivity index (χ0v) is 19.5. The molecular formula is C23H40ClNS. The molecule has 0 aromatic heterocycles. The van der Waals surface area contributed by atoms with Crippen LogP contribution in [0.2, 0.25) is 0 Å². The van der Waals surface area contributed by atoms with Crippen molar-refractivity contribution in [3.8, 4) is 6.07 Å². The summed E-state index contributed by atoms with van der Waals surface area (Å²) in [5, 5.41) is 9.72. The number of hydrogen-bond donors (Lipinski definition) is 0. The van der Waals surface area contributed by atoms with E-state index in [1.807, 2.05) is 11.8 Å². The molecule has 1 heterocycles. The van der Waals surface area contributed by atoms with Crippen LogP contribution in [-0.2, 0) is 0 Å². The largest absolute Gasteiger partial charge is 0.198 e. The monoisotopic (exact) mass is 397 g/mol. The van der Waals surface area contributed by atoms with Crippen LogP contribution in [0.4, 0.5) is 0 Å². The van der Waals surface area contributed by atoms with E-state index in [0.717, 1.165) is 24.0 Å². The molecule has 1 nitrogen and oxygen atoms in total. The Morgan fingerprint density at radius 1 is 1.15 bits per heavy atom. The van der Waals surface area contributed by atoms with E-state index in [1.54, 1.807) is 0 Å². The number of fused-ring (bicyclic) bond motifs is 1. The van der Waals surface area contributed by atoms with Gasteiger partial charge in [0.25, 0.3) is 0 Å². The van der Waals surface area contributed by atoms with E-state index in [0.29, 0.717) is 16.2 Å². The average Bonchev–Trinajstić information content (AvgIpc) is 2.86. The molecule has 0 aromatic carbocycles. The zero-order valence-electron chi connectivity index (χ0n) is 17.9. The van der Waals surface area contributed by atoms with E-state index >= 15 is 0 Å². The predicted molar refractivity (Wildman–Crippen MR) is 117 cm³/mol. The number of alkyl halides is 1. The molecule has 1 saturated heterocycles. The van der Waals surface area contributed by atoms with Gasteiger partial charge in [0.05, 0.1) is 12.0 Å². The first-order valence-corrected chi connectivity index (χ1v) is 12.3. The van der Waals surface area contributed by atoms with E-state index in [9.17, 15) is 5.26 Å². The fourth-order valence-corrected chi connectivity index (χ4v) is 8.28. The second-order valence-corrected chi connectivity index (χ2v) is 12.1. The summed E-state index contributed by atoms with van der Waals surface area (Å²) in [6.45, 7) is 14.1. The van der Waals surface area contributed by atoms with Crippen LogP contribution >= 0.6 is 23.4 Å².